The van der Waals surface area contributed by atoms with Gasteiger partial charge in [-0.05, 0) is 49.9 Å². The van der Waals surface area contributed by atoms with Crippen LogP contribution in [0.1, 0.15) is 41.1 Å². The van der Waals surface area contributed by atoms with Crippen molar-refractivity contribution in [1.29, 1.82) is 0 Å². The minimum Gasteiger partial charge on any atom is -0.325 e. The third kappa shape index (κ3) is 5.62. The lowest BCUT2D eigenvalue weighted by molar-refractivity contribution is -0.139. The van der Waals surface area contributed by atoms with Gasteiger partial charge in [-0.1, -0.05) is 12.1 Å². The Morgan fingerprint density at radius 3 is 2.42 bits per heavy atom. The average Bonchev–Trinajstić information content (AvgIpc) is 3.59. The molecule has 2 heterocycles. The van der Waals surface area contributed by atoms with E-state index in [-0.39, 0.29) is 25.0 Å². The molecule has 1 aliphatic carbocycles. The molecule has 2 aliphatic rings. The summed E-state index contributed by atoms with van der Waals surface area (Å²) in [6, 6.07) is 6.66. The Hall–Kier alpha value is -2.72. The molecule has 10 heteroatoms. The van der Waals surface area contributed by atoms with Crippen LogP contribution < -0.4 is 10.9 Å². The molecule has 0 bridgehead atoms. The quantitative estimate of drug-likeness (QED) is 0.714. The minimum atomic E-state index is -4.70. The highest BCUT2D eigenvalue weighted by atomic mass is 19.4. The lowest BCUT2D eigenvalue weighted by atomic mass is 10.1. The molecule has 0 unspecified atom stereocenters. The number of halogens is 3. The zero-order valence-electron chi connectivity index (χ0n) is 18.8. The van der Waals surface area contributed by atoms with Crippen molar-refractivity contribution in [3.63, 3.8) is 0 Å². The van der Waals surface area contributed by atoms with Crippen LogP contribution in [0.15, 0.2) is 29.1 Å². The highest BCUT2D eigenvalue weighted by Gasteiger charge is 2.38. The highest BCUT2D eigenvalue weighted by molar-refractivity contribution is 5.93. The van der Waals surface area contributed by atoms with Crippen molar-refractivity contribution >= 4 is 11.6 Å². The topological polar surface area (TPSA) is 70.5 Å². The van der Waals surface area contributed by atoms with Gasteiger partial charge in [0.25, 0.3) is 5.56 Å². The first-order valence-electron chi connectivity index (χ1n) is 11.1. The second-order valence-electron chi connectivity index (χ2n) is 8.89. The molecule has 1 aromatic heterocycles. The van der Waals surface area contributed by atoms with Crippen molar-refractivity contribution in [2.75, 3.05) is 38.0 Å². The molecular formula is C23H28F3N5O2. The maximum atomic E-state index is 13.3. The van der Waals surface area contributed by atoms with Crippen LogP contribution in [0.2, 0.25) is 0 Å². The van der Waals surface area contributed by atoms with Gasteiger partial charge in [0.05, 0.1) is 18.9 Å². The van der Waals surface area contributed by atoms with Gasteiger partial charge in [-0.15, -0.1) is 0 Å². The molecule has 2 aromatic rings. The lowest BCUT2D eigenvalue weighted by Crippen LogP contribution is -2.50. The van der Waals surface area contributed by atoms with Gasteiger partial charge in [0, 0.05) is 37.8 Å². The molecule has 4 rings (SSSR count). The fraction of sp³-hybridized carbons (Fsp3) is 0.522. The molecule has 1 amide bonds. The van der Waals surface area contributed by atoms with Gasteiger partial charge in [0.15, 0.2) is 0 Å². The van der Waals surface area contributed by atoms with Crippen LogP contribution >= 0.6 is 0 Å². The second kappa shape index (κ2) is 9.26. The molecule has 0 spiro atoms. The molecule has 7 nitrogen and oxygen atoms in total. The van der Waals surface area contributed by atoms with Gasteiger partial charge in [-0.2, -0.15) is 18.3 Å². The zero-order valence-corrected chi connectivity index (χ0v) is 18.8. The van der Waals surface area contributed by atoms with Gasteiger partial charge in [-0.25, -0.2) is 4.68 Å². The van der Waals surface area contributed by atoms with Crippen LogP contribution in [0.4, 0.5) is 18.9 Å². The average molecular weight is 464 g/mol. The molecule has 178 valence electrons. The van der Waals surface area contributed by atoms with E-state index in [1.807, 2.05) is 41.8 Å². The van der Waals surface area contributed by atoms with Crippen molar-refractivity contribution in [1.82, 2.24) is 19.6 Å². The van der Waals surface area contributed by atoms with Gasteiger partial charge >= 0.3 is 6.18 Å². The van der Waals surface area contributed by atoms with Crippen LogP contribution in [0.3, 0.4) is 0 Å². The van der Waals surface area contributed by atoms with Crippen LogP contribution in [-0.2, 0) is 17.6 Å². The zero-order chi connectivity index (χ0) is 23.8. The summed E-state index contributed by atoms with van der Waals surface area (Å²) in [4.78, 5) is 28.8. The van der Waals surface area contributed by atoms with E-state index in [9.17, 15) is 22.8 Å². The second-order valence-corrected chi connectivity index (χ2v) is 8.89. The van der Waals surface area contributed by atoms with Crippen molar-refractivity contribution in [3.05, 3.63) is 57.0 Å². The van der Waals surface area contributed by atoms with Crippen molar-refractivity contribution in [2.24, 2.45) is 0 Å². The maximum Gasteiger partial charge on any atom is 0.421 e. The number of rotatable bonds is 6. The number of alkyl halides is 3. The highest BCUT2D eigenvalue weighted by Crippen LogP contribution is 2.40. The summed E-state index contributed by atoms with van der Waals surface area (Å²) in [7, 11) is 0. The number of aromatic nitrogens is 2. The minimum absolute atomic E-state index is 0.00495. The number of benzene rings is 1. The van der Waals surface area contributed by atoms with Crippen molar-refractivity contribution in [2.45, 2.75) is 45.5 Å². The van der Waals surface area contributed by atoms with E-state index in [1.54, 1.807) is 0 Å². The van der Waals surface area contributed by atoms with E-state index in [4.69, 9.17) is 0 Å². The predicted molar refractivity (Wildman–Crippen MR) is 118 cm³/mol. The number of nitrogens with zero attached hydrogens (tertiary/aromatic N) is 4. The van der Waals surface area contributed by atoms with E-state index < -0.39 is 17.3 Å². The summed E-state index contributed by atoms with van der Waals surface area (Å²) in [5.41, 5.74) is 0.997. The van der Waals surface area contributed by atoms with E-state index in [1.165, 1.54) is 0 Å². The Kier molecular flexibility index (Phi) is 6.58. The first kappa shape index (κ1) is 23.4. The molecule has 33 heavy (non-hydrogen) atoms. The lowest BCUT2D eigenvalue weighted by Gasteiger charge is -2.34. The molecule has 0 radical (unpaired) electrons. The predicted octanol–water partition coefficient (Wildman–Crippen LogP) is 2.97. The Labute approximate surface area is 190 Å². The number of nitrogens with one attached hydrogen (secondary N) is 1. The molecule has 1 aromatic carbocycles. The smallest absolute Gasteiger partial charge is 0.325 e. The van der Waals surface area contributed by atoms with Crippen LogP contribution in [-0.4, -0.2) is 58.2 Å². The first-order valence-corrected chi connectivity index (χ1v) is 11.1. The van der Waals surface area contributed by atoms with Gasteiger partial charge in [0.1, 0.15) is 5.56 Å². The van der Waals surface area contributed by atoms with Crippen LogP contribution in [0, 0.1) is 13.8 Å². The van der Waals surface area contributed by atoms with E-state index >= 15 is 0 Å². The molecule has 1 saturated heterocycles. The van der Waals surface area contributed by atoms with Crippen molar-refractivity contribution in [3.8, 4) is 0 Å². The summed E-state index contributed by atoms with van der Waals surface area (Å²) >= 11 is 0. The number of aryl methyl sites for hydroxylation is 1. The molecule has 1 saturated carbocycles. The Bertz CT molecular complexity index is 1090. The number of hydrogen-bond acceptors (Lipinski definition) is 5. The van der Waals surface area contributed by atoms with Crippen LogP contribution in [0.5, 0.6) is 0 Å². The Balaban J connectivity index is 1.35. The van der Waals surface area contributed by atoms with Gasteiger partial charge in [0.2, 0.25) is 5.91 Å². The van der Waals surface area contributed by atoms with E-state index in [2.05, 4.69) is 10.4 Å². The third-order valence-electron chi connectivity index (χ3n) is 6.34. The fourth-order valence-electron chi connectivity index (χ4n) is 4.00. The molecular weight excluding hydrogens is 435 g/mol. The molecule has 2 fully saturated rings. The molecule has 1 N–H and O–H groups in total. The van der Waals surface area contributed by atoms with Crippen molar-refractivity contribution < 1.29 is 18.0 Å². The third-order valence-corrected chi connectivity index (χ3v) is 6.34. The van der Waals surface area contributed by atoms with Gasteiger partial charge < -0.3 is 5.32 Å². The number of anilines is 1. The first-order chi connectivity index (χ1) is 15.6. The van der Waals surface area contributed by atoms with E-state index in [0.717, 1.165) is 40.4 Å². The SMILES string of the molecule is Cc1cccc(NC(=O)CN2CCN(Cn3nc(C4CC4)cc(C(F)(F)F)c3=O)CC2)c1C. The largest absolute Gasteiger partial charge is 0.421 e. The summed E-state index contributed by atoms with van der Waals surface area (Å²) in [6.45, 7) is 6.39. The molecule has 0 atom stereocenters. The monoisotopic (exact) mass is 463 g/mol. The van der Waals surface area contributed by atoms with Crippen LogP contribution in [0.25, 0.3) is 0 Å². The number of carbonyl (C=O) groups is 1. The fourth-order valence-corrected chi connectivity index (χ4v) is 4.00. The number of carbonyl (C=O) groups excluding carboxylic acids is 1. The number of piperazine rings is 1. The summed E-state index contributed by atoms with van der Waals surface area (Å²) in [5.74, 6) is -0.104. The summed E-state index contributed by atoms with van der Waals surface area (Å²) < 4.78 is 41.0. The standard InChI is InChI=1S/C23H28F3N5O2/c1-15-4-3-5-19(16(15)2)27-21(32)13-29-8-10-30(11-9-29)14-31-22(33)18(23(24,25)26)12-20(28-31)17-6-7-17/h3-5,12,17H,6-11,13-14H2,1-2H3,(H,27,32). The maximum absolute atomic E-state index is 13.3. The summed E-state index contributed by atoms with van der Waals surface area (Å²) in [6.07, 6.45) is -3.11. The Morgan fingerprint density at radius 2 is 1.79 bits per heavy atom. The summed E-state index contributed by atoms with van der Waals surface area (Å²) in [5, 5.41) is 7.16. The number of hydrogen-bond donors (Lipinski definition) is 1. The number of amides is 1. The van der Waals surface area contributed by atoms with E-state index in [0.29, 0.717) is 31.9 Å². The Morgan fingerprint density at radius 1 is 1.12 bits per heavy atom. The van der Waals surface area contributed by atoms with Gasteiger partial charge in [-0.3, -0.25) is 19.4 Å². The normalized spacial score (nSPS) is 17.8. The molecule has 1 aliphatic heterocycles.